The van der Waals surface area contributed by atoms with E-state index in [0.717, 1.165) is 28.9 Å². The first-order valence-electron chi connectivity index (χ1n) is 5.81. The standard InChI is InChI=1S/C13H17N3OS/c1-15(2)6-7-16(3)13(17)10-4-5-11-12(8-10)18-9-14-11/h4-5,8-9H,6-7H2,1-3H3. The first-order chi connectivity index (χ1) is 8.58. The maximum absolute atomic E-state index is 12.2. The van der Waals surface area contributed by atoms with Crippen LogP contribution in [0.2, 0.25) is 0 Å². The molecule has 1 heterocycles. The van der Waals surface area contributed by atoms with Gasteiger partial charge in [0.1, 0.15) is 0 Å². The van der Waals surface area contributed by atoms with Crippen LogP contribution in [0.3, 0.4) is 0 Å². The van der Waals surface area contributed by atoms with E-state index in [1.165, 1.54) is 0 Å². The second kappa shape index (κ2) is 5.46. The summed E-state index contributed by atoms with van der Waals surface area (Å²) >= 11 is 1.56. The molecule has 0 saturated carbocycles. The Hall–Kier alpha value is -1.46. The molecule has 0 fully saturated rings. The molecule has 1 amide bonds. The zero-order chi connectivity index (χ0) is 13.1. The summed E-state index contributed by atoms with van der Waals surface area (Å²) in [4.78, 5) is 20.2. The first kappa shape index (κ1) is 13.0. The van der Waals surface area contributed by atoms with Crippen molar-refractivity contribution in [1.29, 1.82) is 0 Å². The van der Waals surface area contributed by atoms with Crippen molar-refractivity contribution >= 4 is 27.5 Å². The maximum Gasteiger partial charge on any atom is 0.253 e. The van der Waals surface area contributed by atoms with Crippen LogP contribution in [0.1, 0.15) is 10.4 Å². The zero-order valence-electron chi connectivity index (χ0n) is 10.9. The van der Waals surface area contributed by atoms with E-state index in [4.69, 9.17) is 0 Å². The average Bonchev–Trinajstić information content (AvgIpc) is 2.81. The topological polar surface area (TPSA) is 36.4 Å². The van der Waals surface area contributed by atoms with Gasteiger partial charge in [-0.2, -0.15) is 0 Å². The highest BCUT2D eigenvalue weighted by molar-refractivity contribution is 7.16. The van der Waals surface area contributed by atoms with E-state index in [1.807, 2.05) is 39.3 Å². The largest absolute Gasteiger partial charge is 0.340 e. The van der Waals surface area contributed by atoms with Gasteiger partial charge in [-0.15, -0.1) is 11.3 Å². The average molecular weight is 263 g/mol. The molecule has 18 heavy (non-hydrogen) atoms. The number of rotatable bonds is 4. The summed E-state index contributed by atoms with van der Waals surface area (Å²) in [5, 5.41) is 0. The molecule has 0 spiro atoms. The zero-order valence-corrected chi connectivity index (χ0v) is 11.7. The Morgan fingerprint density at radius 1 is 1.28 bits per heavy atom. The normalized spacial score (nSPS) is 11.1. The maximum atomic E-state index is 12.2. The van der Waals surface area contributed by atoms with Crippen LogP contribution in [0, 0.1) is 0 Å². The second-order valence-corrected chi connectivity index (χ2v) is 5.45. The number of hydrogen-bond donors (Lipinski definition) is 0. The van der Waals surface area contributed by atoms with E-state index >= 15 is 0 Å². The number of hydrogen-bond acceptors (Lipinski definition) is 4. The number of benzene rings is 1. The van der Waals surface area contributed by atoms with Crippen molar-refractivity contribution in [2.75, 3.05) is 34.2 Å². The van der Waals surface area contributed by atoms with Gasteiger partial charge in [-0.1, -0.05) is 0 Å². The number of carbonyl (C=O) groups is 1. The van der Waals surface area contributed by atoms with Crippen molar-refractivity contribution in [3.05, 3.63) is 29.3 Å². The molecule has 0 saturated heterocycles. The van der Waals surface area contributed by atoms with Crippen molar-refractivity contribution in [3.8, 4) is 0 Å². The fourth-order valence-electron chi connectivity index (χ4n) is 1.66. The molecule has 0 radical (unpaired) electrons. The number of nitrogens with zero attached hydrogens (tertiary/aromatic N) is 3. The highest BCUT2D eigenvalue weighted by Gasteiger charge is 2.12. The third-order valence-electron chi connectivity index (χ3n) is 2.81. The summed E-state index contributed by atoms with van der Waals surface area (Å²) < 4.78 is 1.06. The monoisotopic (exact) mass is 263 g/mol. The third-order valence-corrected chi connectivity index (χ3v) is 3.60. The predicted octanol–water partition coefficient (Wildman–Crippen LogP) is 1.93. The number of amides is 1. The van der Waals surface area contributed by atoms with Crippen LogP contribution in [0.25, 0.3) is 10.2 Å². The van der Waals surface area contributed by atoms with E-state index in [9.17, 15) is 4.79 Å². The number of fused-ring (bicyclic) bond motifs is 1. The fourth-order valence-corrected chi connectivity index (χ4v) is 2.38. The second-order valence-electron chi connectivity index (χ2n) is 4.56. The molecule has 4 nitrogen and oxygen atoms in total. The molecule has 96 valence electrons. The molecular formula is C13H17N3OS. The van der Waals surface area contributed by atoms with Gasteiger partial charge in [-0.3, -0.25) is 4.79 Å². The lowest BCUT2D eigenvalue weighted by Gasteiger charge is -2.19. The molecule has 0 N–H and O–H groups in total. The molecule has 0 unspecified atom stereocenters. The summed E-state index contributed by atoms with van der Waals surface area (Å²) in [6.45, 7) is 1.59. The Balaban J connectivity index is 2.12. The minimum absolute atomic E-state index is 0.0622. The van der Waals surface area contributed by atoms with E-state index in [-0.39, 0.29) is 5.91 Å². The van der Waals surface area contributed by atoms with E-state index in [2.05, 4.69) is 9.88 Å². The van der Waals surface area contributed by atoms with Gasteiger partial charge in [0.2, 0.25) is 0 Å². The number of aromatic nitrogens is 1. The third kappa shape index (κ3) is 2.86. The Morgan fingerprint density at radius 3 is 2.78 bits per heavy atom. The Kier molecular flexibility index (Phi) is 3.93. The molecule has 0 aliphatic carbocycles. The summed E-state index contributed by atoms with van der Waals surface area (Å²) in [7, 11) is 5.84. The van der Waals surface area contributed by atoms with E-state index in [1.54, 1.807) is 21.7 Å². The van der Waals surface area contributed by atoms with Crippen LogP contribution in [-0.4, -0.2) is 54.9 Å². The summed E-state index contributed by atoms with van der Waals surface area (Å²) in [5.74, 6) is 0.0622. The van der Waals surface area contributed by atoms with Crippen molar-refractivity contribution in [2.45, 2.75) is 0 Å². The van der Waals surface area contributed by atoms with Gasteiger partial charge in [0, 0.05) is 25.7 Å². The van der Waals surface area contributed by atoms with Crippen LogP contribution >= 0.6 is 11.3 Å². The van der Waals surface area contributed by atoms with Crippen molar-refractivity contribution < 1.29 is 4.79 Å². The van der Waals surface area contributed by atoms with Gasteiger partial charge in [-0.05, 0) is 32.3 Å². The van der Waals surface area contributed by atoms with E-state index in [0.29, 0.717) is 0 Å². The minimum atomic E-state index is 0.0622. The Morgan fingerprint density at radius 2 is 2.06 bits per heavy atom. The lowest BCUT2D eigenvalue weighted by Crippen LogP contribution is -2.33. The molecule has 1 aromatic carbocycles. The summed E-state index contributed by atoms with van der Waals surface area (Å²) in [6, 6.07) is 5.66. The van der Waals surface area contributed by atoms with Gasteiger partial charge >= 0.3 is 0 Å². The predicted molar refractivity (Wildman–Crippen MR) is 75.1 cm³/mol. The van der Waals surface area contributed by atoms with Gasteiger partial charge in [0.15, 0.2) is 0 Å². The molecule has 5 heteroatoms. The summed E-state index contributed by atoms with van der Waals surface area (Å²) in [5.41, 5.74) is 3.48. The molecule has 1 aromatic heterocycles. The fraction of sp³-hybridized carbons (Fsp3) is 0.385. The lowest BCUT2D eigenvalue weighted by molar-refractivity contribution is 0.0786. The van der Waals surface area contributed by atoms with Crippen LogP contribution in [0.5, 0.6) is 0 Å². The molecule has 0 bridgehead atoms. The van der Waals surface area contributed by atoms with Gasteiger partial charge < -0.3 is 9.80 Å². The quantitative estimate of drug-likeness (QED) is 0.845. The van der Waals surface area contributed by atoms with Crippen LogP contribution in [0.15, 0.2) is 23.7 Å². The first-order valence-corrected chi connectivity index (χ1v) is 6.69. The van der Waals surface area contributed by atoms with Gasteiger partial charge in [0.25, 0.3) is 5.91 Å². The SMILES string of the molecule is CN(C)CCN(C)C(=O)c1ccc2ncsc2c1. The highest BCUT2D eigenvalue weighted by atomic mass is 32.1. The van der Waals surface area contributed by atoms with E-state index < -0.39 is 0 Å². The van der Waals surface area contributed by atoms with Gasteiger partial charge in [-0.25, -0.2) is 4.98 Å². The molecule has 2 aromatic rings. The number of carbonyl (C=O) groups excluding carboxylic acids is 1. The highest BCUT2D eigenvalue weighted by Crippen LogP contribution is 2.19. The molecular weight excluding hydrogens is 246 g/mol. The summed E-state index contributed by atoms with van der Waals surface area (Å²) in [6.07, 6.45) is 0. The molecule has 0 aliphatic rings. The number of thiazole rings is 1. The van der Waals surface area contributed by atoms with Crippen LogP contribution in [0.4, 0.5) is 0 Å². The number of likely N-dealkylation sites (N-methyl/N-ethyl adjacent to an activating group) is 2. The molecule has 2 rings (SSSR count). The van der Waals surface area contributed by atoms with Gasteiger partial charge in [0.05, 0.1) is 15.7 Å². The van der Waals surface area contributed by atoms with Crippen molar-refractivity contribution in [2.24, 2.45) is 0 Å². The van der Waals surface area contributed by atoms with Crippen molar-refractivity contribution in [1.82, 2.24) is 14.8 Å². The van der Waals surface area contributed by atoms with Crippen molar-refractivity contribution in [3.63, 3.8) is 0 Å². The Bertz CT molecular complexity index is 550. The smallest absolute Gasteiger partial charge is 0.253 e. The van der Waals surface area contributed by atoms with Crippen LogP contribution in [-0.2, 0) is 0 Å². The molecule has 0 atom stereocenters. The lowest BCUT2D eigenvalue weighted by atomic mass is 10.2. The minimum Gasteiger partial charge on any atom is -0.340 e. The van der Waals surface area contributed by atoms with Crippen LogP contribution < -0.4 is 0 Å². The molecule has 0 aliphatic heterocycles. The Labute approximate surface area is 111 Å².